The summed E-state index contributed by atoms with van der Waals surface area (Å²) in [6.07, 6.45) is 2.89. The highest BCUT2D eigenvalue weighted by atomic mass is 16.5. The fraction of sp³-hybridized carbons (Fsp3) is 0.545. The third-order valence-corrected chi connectivity index (χ3v) is 2.69. The normalized spacial score (nSPS) is 18.1. The highest BCUT2D eigenvalue weighted by Crippen LogP contribution is 2.24. The monoisotopic (exact) mass is 205 g/mol. The van der Waals surface area contributed by atoms with Gasteiger partial charge in [0.05, 0.1) is 19.3 Å². The minimum atomic E-state index is -0.268. The minimum Gasteiger partial charge on any atom is -0.378 e. The predicted molar refractivity (Wildman–Crippen MR) is 56.2 cm³/mol. The van der Waals surface area contributed by atoms with Crippen molar-refractivity contribution in [1.82, 2.24) is 10.3 Å². The molecule has 0 amide bonds. The summed E-state index contributed by atoms with van der Waals surface area (Å²) in [6.45, 7) is 2.76. The van der Waals surface area contributed by atoms with Crippen molar-refractivity contribution in [2.75, 3.05) is 26.3 Å². The Morgan fingerprint density at radius 2 is 2.47 bits per heavy atom. The topological polar surface area (TPSA) is 60.8 Å². The average Bonchev–Trinajstić information content (AvgIpc) is 2.68. The first-order chi connectivity index (χ1) is 7.35. The number of aromatic nitrogens is 1. The first kappa shape index (κ1) is 10.2. The molecule has 1 aromatic heterocycles. The van der Waals surface area contributed by atoms with Crippen LogP contribution in [-0.2, 0) is 11.2 Å². The van der Waals surface area contributed by atoms with Crippen LogP contribution >= 0.6 is 0 Å². The molecule has 0 aromatic carbocycles. The smallest absolute Gasteiger partial charge is 0.116 e. The van der Waals surface area contributed by atoms with Crippen molar-refractivity contribution in [3.05, 3.63) is 24.0 Å². The molecule has 4 heteroatoms. The summed E-state index contributed by atoms with van der Waals surface area (Å²) in [7, 11) is 0. The Bertz CT molecular complexity index is 335. The van der Waals surface area contributed by atoms with Crippen LogP contribution in [0.4, 0.5) is 0 Å². The van der Waals surface area contributed by atoms with E-state index < -0.39 is 0 Å². The van der Waals surface area contributed by atoms with Crippen LogP contribution < -0.4 is 5.32 Å². The maximum Gasteiger partial charge on any atom is 0.116 e. The zero-order valence-electron chi connectivity index (χ0n) is 8.62. The molecule has 4 nitrogen and oxygen atoms in total. The molecule has 2 N–H and O–H groups in total. The summed E-state index contributed by atoms with van der Waals surface area (Å²) in [5.74, 6) is 0. The molecule has 0 radical (unpaired) electrons. The molecule has 0 unspecified atom stereocenters. The van der Waals surface area contributed by atoms with Crippen molar-refractivity contribution in [3.63, 3.8) is 0 Å². The van der Waals surface area contributed by atoms with Crippen molar-refractivity contribution in [1.29, 1.82) is 5.26 Å². The molecule has 1 fully saturated rings. The number of ether oxygens (including phenoxy) is 1. The van der Waals surface area contributed by atoms with Crippen molar-refractivity contribution in [3.8, 4) is 6.07 Å². The lowest BCUT2D eigenvalue weighted by molar-refractivity contribution is -0.0752. The van der Waals surface area contributed by atoms with E-state index in [2.05, 4.69) is 22.4 Å². The Kier molecular flexibility index (Phi) is 3.05. The Morgan fingerprint density at radius 1 is 1.60 bits per heavy atom. The van der Waals surface area contributed by atoms with Gasteiger partial charge in [0.1, 0.15) is 5.41 Å². The molecule has 0 atom stereocenters. The SMILES string of the molecule is N#CC1(CNCCc2ccc[nH]2)COC1. The van der Waals surface area contributed by atoms with Gasteiger partial charge >= 0.3 is 0 Å². The lowest BCUT2D eigenvalue weighted by Gasteiger charge is -2.35. The van der Waals surface area contributed by atoms with E-state index in [1.807, 2.05) is 12.3 Å². The second-order valence-corrected chi connectivity index (χ2v) is 4.01. The third-order valence-electron chi connectivity index (χ3n) is 2.69. The molecule has 1 saturated heterocycles. The van der Waals surface area contributed by atoms with Crippen molar-refractivity contribution >= 4 is 0 Å². The second kappa shape index (κ2) is 4.47. The summed E-state index contributed by atoms with van der Waals surface area (Å²) in [4.78, 5) is 3.15. The van der Waals surface area contributed by atoms with E-state index in [1.165, 1.54) is 5.69 Å². The quantitative estimate of drug-likeness (QED) is 0.695. The summed E-state index contributed by atoms with van der Waals surface area (Å²) < 4.78 is 5.06. The first-order valence-electron chi connectivity index (χ1n) is 5.17. The Labute approximate surface area is 89.2 Å². The maximum atomic E-state index is 8.94. The van der Waals surface area contributed by atoms with E-state index >= 15 is 0 Å². The van der Waals surface area contributed by atoms with Crippen LogP contribution in [0.3, 0.4) is 0 Å². The van der Waals surface area contributed by atoms with Crippen LogP contribution in [0.25, 0.3) is 0 Å². The highest BCUT2D eigenvalue weighted by Gasteiger charge is 2.38. The van der Waals surface area contributed by atoms with E-state index in [1.54, 1.807) is 0 Å². The molecule has 1 aliphatic rings. The fourth-order valence-corrected chi connectivity index (χ4v) is 1.63. The zero-order valence-corrected chi connectivity index (χ0v) is 8.62. The largest absolute Gasteiger partial charge is 0.378 e. The summed E-state index contributed by atoms with van der Waals surface area (Å²) >= 11 is 0. The molecule has 0 bridgehead atoms. The van der Waals surface area contributed by atoms with Gasteiger partial charge in [-0.2, -0.15) is 5.26 Å². The lowest BCUT2D eigenvalue weighted by Crippen LogP contribution is -2.48. The van der Waals surface area contributed by atoms with Crippen LogP contribution in [0.5, 0.6) is 0 Å². The number of nitriles is 1. The van der Waals surface area contributed by atoms with Gasteiger partial charge in [0.25, 0.3) is 0 Å². The highest BCUT2D eigenvalue weighted by molar-refractivity contribution is 5.06. The number of hydrogen-bond acceptors (Lipinski definition) is 3. The molecular weight excluding hydrogens is 190 g/mol. The number of H-pyrrole nitrogens is 1. The Hall–Kier alpha value is -1.31. The standard InChI is InChI=1S/C11H15N3O/c12-6-11(8-15-9-11)7-13-5-3-10-2-1-4-14-10/h1-2,4,13-14H,3,5,7-9H2. The van der Waals surface area contributed by atoms with Gasteiger partial charge in [0.15, 0.2) is 0 Å². The summed E-state index contributed by atoms with van der Waals surface area (Å²) in [5.41, 5.74) is 0.953. The molecule has 80 valence electrons. The van der Waals surface area contributed by atoms with E-state index in [-0.39, 0.29) is 5.41 Å². The van der Waals surface area contributed by atoms with Crippen molar-refractivity contribution < 1.29 is 4.74 Å². The Morgan fingerprint density at radius 3 is 3.00 bits per heavy atom. The lowest BCUT2D eigenvalue weighted by atomic mass is 9.88. The van der Waals surface area contributed by atoms with Crippen LogP contribution in [0.15, 0.2) is 18.3 Å². The number of rotatable bonds is 5. The van der Waals surface area contributed by atoms with Crippen LogP contribution in [-0.4, -0.2) is 31.3 Å². The van der Waals surface area contributed by atoms with Crippen LogP contribution in [0.1, 0.15) is 5.69 Å². The molecular formula is C11H15N3O. The van der Waals surface area contributed by atoms with E-state index in [0.717, 1.165) is 19.5 Å². The zero-order chi connectivity index (χ0) is 10.6. The minimum absolute atomic E-state index is 0.268. The van der Waals surface area contributed by atoms with E-state index in [0.29, 0.717) is 13.2 Å². The molecule has 2 rings (SSSR count). The molecule has 2 heterocycles. The van der Waals surface area contributed by atoms with Gasteiger partial charge in [-0.05, 0) is 18.6 Å². The molecule has 0 aliphatic carbocycles. The fourth-order valence-electron chi connectivity index (χ4n) is 1.63. The summed E-state index contributed by atoms with van der Waals surface area (Å²) in [5, 5.41) is 12.2. The molecule has 1 aliphatic heterocycles. The second-order valence-electron chi connectivity index (χ2n) is 4.01. The summed E-state index contributed by atoms with van der Waals surface area (Å²) in [6, 6.07) is 6.37. The molecule has 0 spiro atoms. The number of hydrogen-bond donors (Lipinski definition) is 2. The van der Waals surface area contributed by atoms with Gasteiger partial charge in [-0.1, -0.05) is 0 Å². The molecule has 0 saturated carbocycles. The van der Waals surface area contributed by atoms with Crippen LogP contribution in [0.2, 0.25) is 0 Å². The number of aromatic amines is 1. The average molecular weight is 205 g/mol. The van der Waals surface area contributed by atoms with Crippen molar-refractivity contribution in [2.24, 2.45) is 5.41 Å². The van der Waals surface area contributed by atoms with Gasteiger partial charge in [-0.15, -0.1) is 0 Å². The van der Waals surface area contributed by atoms with Gasteiger partial charge < -0.3 is 15.0 Å². The van der Waals surface area contributed by atoms with Crippen LogP contribution in [0, 0.1) is 16.7 Å². The molecule has 15 heavy (non-hydrogen) atoms. The molecule has 1 aromatic rings. The third kappa shape index (κ3) is 2.38. The van der Waals surface area contributed by atoms with Gasteiger partial charge in [-0.3, -0.25) is 0 Å². The van der Waals surface area contributed by atoms with Gasteiger partial charge in [-0.25, -0.2) is 0 Å². The van der Waals surface area contributed by atoms with Gasteiger partial charge in [0.2, 0.25) is 0 Å². The number of nitrogens with one attached hydrogen (secondary N) is 2. The van der Waals surface area contributed by atoms with E-state index in [9.17, 15) is 0 Å². The van der Waals surface area contributed by atoms with E-state index in [4.69, 9.17) is 10.00 Å². The predicted octanol–water partition coefficient (Wildman–Crippen LogP) is 0.687. The Balaban J connectivity index is 1.65. The number of nitrogens with zero attached hydrogens (tertiary/aromatic N) is 1. The first-order valence-corrected chi connectivity index (χ1v) is 5.17. The maximum absolute atomic E-state index is 8.94. The van der Waals surface area contributed by atoms with Crippen molar-refractivity contribution in [2.45, 2.75) is 6.42 Å². The van der Waals surface area contributed by atoms with Gasteiger partial charge in [0, 0.05) is 25.0 Å².